The molecule has 4 bridgehead atoms. The van der Waals surface area contributed by atoms with Gasteiger partial charge in [-0.25, -0.2) is 0 Å². The molecular weight excluding hydrogens is 192 g/mol. The summed E-state index contributed by atoms with van der Waals surface area (Å²) in [5.74, 6) is 4.10. The Morgan fingerprint density at radius 1 is 0.625 bits per heavy atom. The highest BCUT2D eigenvalue weighted by atomic mass is 14.3. The van der Waals surface area contributed by atoms with Crippen molar-refractivity contribution in [2.24, 2.45) is 23.7 Å². The quantitative estimate of drug-likeness (QED) is 0.548. The summed E-state index contributed by atoms with van der Waals surface area (Å²) in [4.78, 5) is 0. The van der Waals surface area contributed by atoms with Gasteiger partial charge in [0.25, 0.3) is 0 Å². The maximum absolute atomic E-state index is 2.64. The Kier molecular flexibility index (Phi) is 3.54. The molecule has 3 fully saturated rings. The first-order chi connectivity index (χ1) is 7.90. The van der Waals surface area contributed by atoms with Crippen LogP contribution in [0.1, 0.15) is 64.2 Å². The van der Waals surface area contributed by atoms with Gasteiger partial charge < -0.3 is 0 Å². The van der Waals surface area contributed by atoms with Gasteiger partial charge in [-0.3, -0.25) is 0 Å². The highest BCUT2D eigenvalue weighted by Gasteiger charge is 2.28. The largest absolute Gasteiger partial charge is 0.0528 e. The molecule has 0 heterocycles. The van der Waals surface area contributed by atoms with Crippen molar-refractivity contribution in [2.45, 2.75) is 64.2 Å². The molecule has 0 saturated heterocycles. The Hall–Kier alpha value is 0. The van der Waals surface area contributed by atoms with E-state index in [9.17, 15) is 0 Å². The van der Waals surface area contributed by atoms with E-state index in [1.807, 2.05) is 0 Å². The van der Waals surface area contributed by atoms with Crippen LogP contribution in [-0.4, -0.2) is 0 Å². The lowest BCUT2D eigenvalue weighted by atomic mass is 9.89. The first-order valence-electron chi connectivity index (χ1n) is 7.57. The second-order valence-electron chi connectivity index (χ2n) is 6.53. The summed E-state index contributed by atoms with van der Waals surface area (Å²) in [6, 6.07) is 0. The van der Waals surface area contributed by atoms with Crippen molar-refractivity contribution >= 4 is 0 Å². The van der Waals surface area contributed by atoms with E-state index in [0.29, 0.717) is 0 Å². The van der Waals surface area contributed by atoms with Crippen LogP contribution >= 0.6 is 0 Å². The molecule has 0 aliphatic heterocycles. The molecule has 0 aromatic rings. The molecule has 3 aliphatic carbocycles. The van der Waals surface area contributed by atoms with Crippen LogP contribution in [0.4, 0.5) is 0 Å². The normalized spacial score (nSPS) is 45.0. The summed E-state index contributed by atoms with van der Waals surface area (Å²) in [6.45, 7) is 0. The van der Waals surface area contributed by atoms with Crippen LogP contribution in [0, 0.1) is 36.5 Å². The molecule has 0 amide bonds. The fourth-order valence-electron chi connectivity index (χ4n) is 4.29. The third-order valence-corrected chi connectivity index (χ3v) is 5.25. The topological polar surface area (TPSA) is 0 Å². The van der Waals surface area contributed by atoms with E-state index < -0.39 is 0 Å². The molecule has 4 unspecified atom stereocenters. The van der Waals surface area contributed by atoms with Gasteiger partial charge in [-0.15, -0.1) is 0 Å². The zero-order valence-corrected chi connectivity index (χ0v) is 10.5. The monoisotopic (exact) mass is 218 g/mol. The Balaban J connectivity index is 1.57. The van der Waals surface area contributed by atoms with Gasteiger partial charge >= 0.3 is 0 Å². The summed E-state index contributed by atoms with van der Waals surface area (Å²) < 4.78 is 0. The van der Waals surface area contributed by atoms with Crippen LogP contribution in [0.3, 0.4) is 0 Å². The van der Waals surface area contributed by atoms with Crippen molar-refractivity contribution in [1.29, 1.82) is 0 Å². The van der Waals surface area contributed by atoms with E-state index >= 15 is 0 Å². The van der Waals surface area contributed by atoms with Gasteiger partial charge in [-0.05, 0) is 62.2 Å². The van der Waals surface area contributed by atoms with E-state index in [1.54, 1.807) is 0 Å². The average Bonchev–Trinajstić information content (AvgIpc) is 2.88. The highest BCUT2D eigenvalue weighted by Crippen LogP contribution is 2.41. The molecule has 2 radical (unpaired) electrons. The lowest BCUT2D eigenvalue weighted by Gasteiger charge is -2.16. The molecule has 0 heteroatoms. The van der Waals surface area contributed by atoms with Gasteiger partial charge in [-0.1, -0.05) is 38.5 Å². The van der Waals surface area contributed by atoms with Crippen LogP contribution in [0.15, 0.2) is 0 Å². The summed E-state index contributed by atoms with van der Waals surface area (Å²) in [7, 11) is 0. The lowest BCUT2D eigenvalue weighted by Crippen LogP contribution is -2.03. The maximum atomic E-state index is 2.64. The highest BCUT2D eigenvalue weighted by molar-refractivity contribution is 4.92. The summed E-state index contributed by atoms with van der Waals surface area (Å²) in [5.41, 5.74) is 0. The fourth-order valence-corrected chi connectivity index (χ4v) is 4.29. The minimum atomic E-state index is 0.988. The van der Waals surface area contributed by atoms with E-state index in [2.05, 4.69) is 12.8 Å². The number of rotatable bonds is 0. The van der Waals surface area contributed by atoms with Crippen LogP contribution in [0.25, 0.3) is 0 Å². The smallest absolute Gasteiger partial charge is 0.0352 e. The third kappa shape index (κ3) is 2.63. The lowest BCUT2D eigenvalue weighted by molar-refractivity contribution is 0.366. The molecule has 0 spiro atoms. The van der Waals surface area contributed by atoms with E-state index in [4.69, 9.17) is 0 Å². The van der Waals surface area contributed by atoms with Gasteiger partial charge in [0, 0.05) is 0 Å². The molecule has 3 rings (SSSR count). The van der Waals surface area contributed by atoms with Gasteiger partial charge in [0.2, 0.25) is 0 Å². The van der Waals surface area contributed by atoms with Crippen LogP contribution in [0.5, 0.6) is 0 Å². The van der Waals surface area contributed by atoms with Crippen molar-refractivity contribution in [3.05, 3.63) is 12.8 Å². The zero-order chi connectivity index (χ0) is 10.8. The van der Waals surface area contributed by atoms with Crippen LogP contribution in [-0.2, 0) is 0 Å². The minimum absolute atomic E-state index is 0.988. The molecule has 3 aliphatic rings. The SMILES string of the molecule is [CH]1CC2CCCC3C[CH]C(CCCC1C2)C3. The predicted octanol–water partition coefficient (Wildman–Crippen LogP) is 4.80. The van der Waals surface area contributed by atoms with Crippen LogP contribution < -0.4 is 0 Å². The van der Waals surface area contributed by atoms with E-state index in [0.717, 1.165) is 23.7 Å². The van der Waals surface area contributed by atoms with Crippen molar-refractivity contribution in [2.75, 3.05) is 0 Å². The average molecular weight is 218 g/mol. The van der Waals surface area contributed by atoms with Gasteiger partial charge in [-0.2, -0.15) is 0 Å². The number of fused-ring (bicyclic) bond motifs is 4. The molecule has 16 heavy (non-hydrogen) atoms. The number of hydrogen-bond acceptors (Lipinski definition) is 0. The summed E-state index contributed by atoms with van der Waals surface area (Å²) in [6.07, 6.45) is 20.2. The molecule has 4 atom stereocenters. The van der Waals surface area contributed by atoms with Crippen molar-refractivity contribution in [3.8, 4) is 0 Å². The maximum Gasteiger partial charge on any atom is -0.0352 e. The molecule has 3 saturated carbocycles. The summed E-state index contributed by atoms with van der Waals surface area (Å²) >= 11 is 0. The molecule has 0 aromatic carbocycles. The Labute approximate surface area is 101 Å². The first kappa shape index (κ1) is 11.1. The second-order valence-corrected chi connectivity index (χ2v) is 6.53. The minimum Gasteiger partial charge on any atom is -0.0528 e. The third-order valence-electron chi connectivity index (χ3n) is 5.25. The Morgan fingerprint density at radius 3 is 1.69 bits per heavy atom. The summed E-state index contributed by atoms with van der Waals surface area (Å²) in [5, 5.41) is 0. The first-order valence-corrected chi connectivity index (χ1v) is 7.57. The van der Waals surface area contributed by atoms with Crippen molar-refractivity contribution < 1.29 is 0 Å². The zero-order valence-electron chi connectivity index (χ0n) is 10.5. The van der Waals surface area contributed by atoms with Gasteiger partial charge in [0.15, 0.2) is 0 Å². The van der Waals surface area contributed by atoms with Gasteiger partial charge in [0.1, 0.15) is 0 Å². The molecule has 90 valence electrons. The van der Waals surface area contributed by atoms with Crippen molar-refractivity contribution in [3.63, 3.8) is 0 Å². The predicted molar refractivity (Wildman–Crippen MR) is 68.7 cm³/mol. The van der Waals surface area contributed by atoms with Crippen molar-refractivity contribution in [1.82, 2.24) is 0 Å². The standard InChI is InChI=1S/C16H26/c1-3-13-7-9-15(11-13)5-2-6-16-10-8-14(4-1)12-16/h7-8,13-16H,1-6,9-12H2. The van der Waals surface area contributed by atoms with E-state index in [-0.39, 0.29) is 0 Å². The number of hydrogen-bond donors (Lipinski definition) is 0. The molecular formula is C16H26. The Bertz CT molecular complexity index is 176. The Morgan fingerprint density at radius 2 is 1.12 bits per heavy atom. The van der Waals surface area contributed by atoms with E-state index in [1.165, 1.54) is 64.2 Å². The molecule has 0 nitrogen and oxygen atoms in total. The molecule has 0 N–H and O–H groups in total. The van der Waals surface area contributed by atoms with Gasteiger partial charge in [0.05, 0.1) is 0 Å². The van der Waals surface area contributed by atoms with Crippen LogP contribution in [0.2, 0.25) is 0 Å². The second kappa shape index (κ2) is 5.10. The fraction of sp³-hybridized carbons (Fsp3) is 0.875. The molecule has 0 aromatic heterocycles.